The number of nitrogens with one attached hydrogen (secondary N) is 1. The molecule has 0 aliphatic rings. The lowest BCUT2D eigenvalue weighted by molar-refractivity contribution is -0.870. The quantitative estimate of drug-likeness (QED) is 0.0253. The summed E-state index contributed by atoms with van der Waals surface area (Å²) >= 11 is 0. The van der Waals surface area contributed by atoms with Gasteiger partial charge in [-0.15, -0.1) is 0 Å². The third-order valence-electron chi connectivity index (χ3n) is 8.45. The van der Waals surface area contributed by atoms with E-state index < -0.39 is 32.7 Å². The van der Waals surface area contributed by atoms with Crippen LogP contribution in [0.5, 0.6) is 0 Å². The van der Waals surface area contributed by atoms with Gasteiger partial charge in [0.05, 0.1) is 39.9 Å². The summed E-state index contributed by atoms with van der Waals surface area (Å²) in [5, 5.41) is 24.5. The molecule has 4 atom stereocenters. The Morgan fingerprint density at radius 1 is 0.691 bits per heavy atom. The fourth-order valence-corrected chi connectivity index (χ4v) is 5.86. The second kappa shape index (κ2) is 35.8. The summed E-state index contributed by atoms with van der Waals surface area (Å²) in [6, 6.07) is -1.12. The van der Waals surface area contributed by atoms with Crippen molar-refractivity contribution in [3.63, 3.8) is 0 Å². The number of nitrogens with zero attached hydrogens (tertiary/aromatic N) is 1. The van der Waals surface area contributed by atoms with Crippen molar-refractivity contribution in [2.75, 3.05) is 40.9 Å². The van der Waals surface area contributed by atoms with Crippen molar-refractivity contribution in [2.45, 2.75) is 141 Å². The second-order valence-electron chi connectivity index (χ2n) is 14.7. The van der Waals surface area contributed by atoms with Gasteiger partial charge in [-0.1, -0.05) is 111 Å². The van der Waals surface area contributed by atoms with Crippen molar-refractivity contribution in [1.82, 2.24) is 5.32 Å². The zero-order chi connectivity index (χ0) is 40.9. The summed E-state index contributed by atoms with van der Waals surface area (Å²) in [5.74, 6) is -0.333. The molecule has 9 nitrogen and oxygen atoms in total. The molecule has 0 bridgehead atoms. The molecular weight excluding hydrogens is 711 g/mol. The zero-order valence-corrected chi connectivity index (χ0v) is 35.8. The number of unbranched alkanes of at least 4 members (excludes halogenated alkanes) is 6. The van der Waals surface area contributed by atoms with Crippen LogP contribution in [0.4, 0.5) is 0 Å². The molecule has 1 amide bonds. The average molecular weight is 789 g/mol. The van der Waals surface area contributed by atoms with Gasteiger partial charge in [-0.05, 0) is 103 Å². The average Bonchev–Trinajstić information content (AvgIpc) is 3.13. The molecule has 10 heteroatoms. The Bertz CT molecular complexity index is 1230. The van der Waals surface area contributed by atoms with E-state index in [-0.39, 0.29) is 25.4 Å². The fraction of sp³-hybridized carbons (Fsp3) is 0.622. The first kappa shape index (κ1) is 52.4. The maximum atomic E-state index is 12.9. The van der Waals surface area contributed by atoms with Crippen LogP contribution in [0, 0.1) is 0 Å². The number of aliphatic hydroxyl groups excluding tert-OH is 2. The van der Waals surface area contributed by atoms with Crippen molar-refractivity contribution < 1.29 is 38.0 Å². The van der Waals surface area contributed by atoms with Gasteiger partial charge in [0.25, 0.3) is 7.82 Å². The van der Waals surface area contributed by atoms with Gasteiger partial charge < -0.3 is 34.0 Å². The molecule has 314 valence electrons. The van der Waals surface area contributed by atoms with E-state index in [1.165, 1.54) is 0 Å². The molecule has 0 aromatic heterocycles. The molecule has 0 fully saturated rings. The van der Waals surface area contributed by atoms with E-state index in [1.807, 2.05) is 28.1 Å². The Hall–Kier alpha value is -2.62. The Morgan fingerprint density at radius 3 is 1.73 bits per heavy atom. The molecule has 3 N–H and O–H groups in total. The van der Waals surface area contributed by atoms with E-state index in [0.717, 1.165) is 83.5 Å². The summed E-state index contributed by atoms with van der Waals surface area (Å²) in [7, 11) is 1.05. The third kappa shape index (κ3) is 36.8. The normalized spacial score (nSPS) is 16.0. The van der Waals surface area contributed by atoms with Gasteiger partial charge in [-0.3, -0.25) is 9.36 Å². The van der Waals surface area contributed by atoms with E-state index in [0.29, 0.717) is 23.9 Å². The Kier molecular flexibility index (Phi) is 34.1. The molecule has 0 saturated heterocycles. The van der Waals surface area contributed by atoms with Gasteiger partial charge in [0, 0.05) is 6.42 Å². The first-order chi connectivity index (χ1) is 26.4. The minimum atomic E-state index is -4.69. The van der Waals surface area contributed by atoms with Crippen LogP contribution in [0.25, 0.3) is 0 Å². The smallest absolute Gasteiger partial charge is 0.268 e. The number of rotatable bonds is 35. The molecule has 0 aliphatic carbocycles. The van der Waals surface area contributed by atoms with Crippen LogP contribution in [0.2, 0.25) is 0 Å². The number of phosphoric ester groups is 1. The van der Waals surface area contributed by atoms with Crippen LogP contribution in [0.3, 0.4) is 0 Å². The third-order valence-corrected chi connectivity index (χ3v) is 9.41. The van der Waals surface area contributed by atoms with Crippen LogP contribution in [0.1, 0.15) is 123 Å². The van der Waals surface area contributed by atoms with Crippen LogP contribution < -0.4 is 10.2 Å². The van der Waals surface area contributed by atoms with Gasteiger partial charge in [0.2, 0.25) is 5.91 Å². The van der Waals surface area contributed by atoms with Gasteiger partial charge >= 0.3 is 0 Å². The summed E-state index contributed by atoms with van der Waals surface area (Å²) < 4.78 is 23.0. The molecule has 0 heterocycles. The van der Waals surface area contributed by atoms with E-state index in [2.05, 4.69) is 109 Å². The highest BCUT2D eigenvalue weighted by molar-refractivity contribution is 7.45. The van der Waals surface area contributed by atoms with Crippen molar-refractivity contribution in [1.29, 1.82) is 0 Å². The Labute approximate surface area is 335 Å². The topological polar surface area (TPSA) is 128 Å². The first-order valence-corrected chi connectivity index (χ1v) is 22.1. The number of quaternary nitrogens is 1. The number of carbonyl (C=O) groups is 1. The summed E-state index contributed by atoms with van der Waals surface area (Å²) in [4.78, 5) is 25.3. The highest BCUT2D eigenvalue weighted by Crippen LogP contribution is 2.38. The van der Waals surface area contributed by atoms with Crippen LogP contribution >= 0.6 is 7.82 Å². The molecule has 0 aromatic rings. The van der Waals surface area contributed by atoms with Gasteiger partial charge in [0.15, 0.2) is 0 Å². The Balaban J connectivity index is 4.69. The van der Waals surface area contributed by atoms with E-state index in [4.69, 9.17) is 9.05 Å². The van der Waals surface area contributed by atoms with E-state index in [9.17, 15) is 24.5 Å². The number of hydrogen-bond acceptors (Lipinski definition) is 7. The highest BCUT2D eigenvalue weighted by atomic mass is 31.2. The maximum Gasteiger partial charge on any atom is 0.268 e. The molecule has 0 aromatic carbocycles. The monoisotopic (exact) mass is 789 g/mol. The standard InChI is InChI=1S/C45H77N2O7P/c1-6-8-10-12-14-16-18-20-21-22-23-24-25-26-28-30-32-34-36-38-44(49)46-42(41-54-55(51,52)53-40-39-47(3,4)5)45(50)43(48)37-35-33-31-29-27-19-17-15-13-11-9-7-2/h7-10,14-17,20-21,23-24,26,28-29,31,42-43,45,48,50H,6,11-13,18-19,22,25,27,30,32-41H2,1-5H3,(H-,46,49,51,52)/b9-7+,10-8-,16-14-,17-15+,21-20-,24-23-,28-26-,31-29+. The van der Waals surface area contributed by atoms with Crippen LogP contribution in [-0.4, -0.2) is 79.8 Å². The number of aliphatic hydroxyl groups is 2. The highest BCUT2D eigenvalue weighted by Gasteiger charge is 2.29. The predicted octanol–water partition coefficient (Wildman–Crippen LogP) is 9.52. The van der Waals surface area contributed by atoms with E-state index in [1.54, 1.807) is 0 Å². The lowest BCUT2D eigenvalue weighted by Crippen LogP contribution is -2.51. The number of allylic oxidation sites excluding steroid dienone is 16. The minimum Gasteiger partial charge on any atom is -0.756 e. The maximum absolute atomic E-state index is 12.9. The SMILES string of the molecule is C/C=C/CC/C=C/CC/C=C/CCCC(O)C(O)C(COP(=O)([O-])OCC[N+](C)(C)C)NC(=O)CCCCC/C=C\C/C=C\C/C=C\C/C=C\C/C=C\CC. The van der Waals surface area contributed by atoms with Crippen molar-refractivity contribution in [3.05, 3.63) is 97.2 Å². The predicted molar refractivity (Wildman–Crippen MR) is 229 cm³/mol. The van der Waals surface area contributed by atoms with Gasteiger partial charge in [0.1, 0.15) is 19.3 Å². The Morgan fingerprint density at radius 2 is 1.18 bits per heavy atom. The fourth-order valence-electron chi connectivity index (χ4n) is 5.14. The number of carbonyl (C=O) groups excluding carboxylic acids is 1. The first-order valence-electron chi connectivity index (χ1n) is 20.6. The molecule has 0 saturated carbocycles. The summed E-state index contributed by atoms with van der Waals surface area (Å²) in [5.41, 5.74) is 0. The lowest BCUT2D eigenvalue weighted by atomic mass is 10.0. The molecule has 0 spiro atoms. The van der Waals surface area contributed by atoms with Gasteiger partial charge in [-0.25, -0.2) is 0 Å². The van der Waals surface area contributed by atoms with Crippen LogP contribution in [-0.2, 0) is 18.4 Å². The number of amides is 1. The molecule has 55 heavy (non-hydrogen) atoms. The summed E-state index contributed by atoms with van der Waals surface area (Å²) in [6.45, 7) is 4.01. The molecule has 4 unspecified atom stereocenters. The second-order valence-corrected chi connectivity index (χ2v) is 16.1. The number of likely N-dealkylation sites (N-methyl/N-ethyl adjacent to an activating group) is 1. The lowest BCUT2D eigenvalue weighted by Gasteiger charge is -2.31. The van der Waals surface area contributed by atoms with Gasteiger partial charge in [-0.2, -0.15) is 0 Å². The largest absolute Gasteiger partial charge is 0.756 e. The van der Waals surface area contributed by atoms with Crippen LogP contribution in [0.15, 0.2) is 97.2 Å². The number of phosphoric acid groups is 1. The minimum absolute atomic E-state index is 0.0630. The summed E-state index contributed by atoms with van der Waals surface area (Å²) in [6.07, 6.45) is 46.1. The van der Waals surface area contributed by atoms with E-state index >= 15 is 0 Å². The van der Waals surface area contributed by atoms with Crippen molar-refractivity contribution in [2.24, 2.45) is 0 Å². The molecule has 0 rings (SSSR count). The molecule has 0 aliphatic heterocycles. The van der Waals surface area contributed by atoms with Crippen molar-refractivity contribution in [3.8, 4) is 0 Å². The molecular formula is C45H77N2O7P. The number of hydrogen-bond donors (Lipinski definition) is 3. The molecule has 0 radical (unpaired) electrons. The zero-order valence-electron chi connectivity index (χ0n) is 34.9. The van der Waals surface area contributed by atoms with Crippen molar-refractivity contribution >= 4 is 13.7 Å².